The number of likely N-dealkylation sites (tertiary alicyclic amines) is 1. The number of hydrogen-bond acceptors (Lipinski definition) is 3. The van der Waals surface area contributed by atoms with Gasteiger partial charge in [-0.3, -0.25) is 9.59 Å². The lowest BCUT2D eigenvalue weighted by atomic mass is 10.1. The number of halogens is 1. The van der Waals surface area contributed by atoms with Gasteiger partial charge >= 0.3 is 0 Å². The highest BCUT2D eigenvalue weighted by molar-refractivity contribution is 5.89. The van der Waals surface area contributed by atoms with Crippen LogP contribution in [0, 0.1) is 11.8 Å². The highest BCUT2D eigenvalue weighted by Crippen LogP contribution is 2.31. The van der Waals surface area contributed by atoms with Crippen molar-refractivity contribution in [2.24, 2.45) is 17.6 Å². The van der Waals surface area contributed by atoms with Crippen molar-refractivity contribution in [3.05, 3.63) is 0 Å². The standard InChI is InChI=1S/C15H27N3O2.ClH/c1-3-4-10(2)18-9-12(7-14(18)19)15(20)17-8-13(16)11-5-6-11;/h10-13H,3-9,16H2,1-2H3,(H,17,20);1H. The van der Waals surface area contributed by atoms with Crippen molar-refractivity contribution in [1.82, 2.24) is 10.2 Å². The van der Waals surface area contributed by atoms with E-state index >= 15 is 0 Å². The van der Waals surface area contributed by atoms with Crippen LogP contribution in [-0.4, -0.2) is 41.9 Å². The van der Waals surface area contributed by atoms with E-state index in [0.29, 0.717) is 25.4 Å². The Morgan fingerprint density at radius 2 is 2.14 bits per heavy atom. The van der Waals surface area contributed by atoms with Gasteiger partial charge in [-0.25, -0.2) is 0 Å². The molecule has 3 unspecified atom stereocenters. The summed E-state index contributed by atoms with van der Waals surface area (Å²) in [5, 5.41) is 2.91. The Labute approximate surface area is 133 Å². The van der Waals surface area contributed by atoms with E-state index in [1.54, 1.807) is 0 Å². The maximum absolute atomic E-state index is 12.1. The summed E-state index contributed by atoms with van der Waals surface area (Å²) in [6.45, 7) is 5.27. The number of hydrogen-bond donors (Lipinski definition) is 2. The zero-order chi connectivity index (χ0) is 14.7. The average molecular weight is 318 g/mol. The lowest BCUT2D eigenvalue weighted by molar-refractivity contribution is -0.130. The second-order valence-electron chi connectivity index (χ2n) is 6.33. The normalized spacial score (nSPS) is 24.4. The maximum Gasteiger partial charge on any atom is 0.225 e. The fourth-order valence-corrected chi connectivity index (χ4v) is 2.96. The third kappa shape index (κ3) is 4.85. The molecule has 1 saturated carbocycles. The topological polar surface area (TPSA) is 75.4 Å². The third-order valence-electron chi connectivity index (χ3n) is 4.51. The first kappa shape index (κ1) is 18.2. The first-order valence-electron chi connectivity index (χ1n) is 7.85. The second kappa shape index (κ2) is 7.99. The van der Waals surface area contributed by atoms with E-state index in [2.05, 4.69) is 19.2 Å². The van der Waals surface area contributed by atoms with Crippen LogP contribution in [0.4, 0.5) is 0 Å². The fourth-order valence-electron chi connectivity index (χ4n) is 2.96. The van der Waals surface area contributed by atoms with Crippen molar-refractivity contribution >= 4 is 24.2 Å². The summed E-state index contributed by atoms with van der Waals surface area (Å²) >= 11 is 0. The average Bonchev–Trinajstić information content (AvgIpc) is 3.19. The molecule has 1 aliphatic carbocycles. The van der Waals surface area contributed by atoms with Crippen LogP contribution < -0.4 is 11.1 Å². The fraction of sp³-hybridized carbons (Fsp3) is 0.867. The summed E-state index contributed by atoms with van der Waals surface area (Å²) < 4.78 is 0. The maximum atomic E-state index is 12.1. The summed E-state index contributed by atoms with van der Waals surface area (Å²) in [6, 6.07) is 0.310. The van der Waals surface area contributed by atoms with Crippen molar-refractivity contribution in [3.8, 4) is 0 Å². The highest BCUT2D eigenvalue weighted by Gasteiger charge is 2.36. The van der Waals surface area contributed by atoms with Crippen molar-refractivity contribution in [1.29, 1.82) is 0 Å². The predicted octanol–water partition coefficient (Wildman–Crippen LogP) is 1.30. The third-order valence-corrected chi connectivity index (χ3v) is 4.51. The molecule has 2 fully saturated rings. The van der Waals surface area contributed by atoms with Gasteiger partial charge in [0.25, 0.3) is 0 Å². The van der Waals surface area contributed by atoms with E-state index < -0.39 is 0 Å². The summed E-state index contributed by atoms with van der Waals surface area (Å²) in [5.41, 5.74) is 5.98. The number of nitrogens with zero attached hydrogens (tertiary/aromatic N) is 1. The molecule has 5 nitrogen and oxygen atoms in total. The number of nitrogens with one attached hydrogen (secondary N) is 1. The van der Waals surface area contributed by atoms with Gasteiger partial charge in [-0.15, -0.1) is 12.4 Å². The second-order valence-corrected chi connectivity index (χ2v) is 6.33. The molecule has 122 valence electrons. The van der Waals surface area contributed by atoms with Crippen LogP contribution in [0.25, 0.3) is 0 Å². The van der Waals surface area contributed by atoms with Crippen LogP contribution in [0.3, 0.4) is 0 Å². The molecular formula is C15H28ClN3O2. The van der Waals surface area contributed by atoms with E-state index in [9.17, 15) is 9.59 Å². The molecule has 6 heteroatoms. The minimum Gasteiger partial charge on any atom is -0.354 e. The van der Waals surface area contributed by atoms with E-state index in [0.717, 1.165) is 12.8 Å². The number of carbonyl (C=O) groups is 2. The summed E-state index contributed by atoms with van der Waals surface area (Å²) in [5.74, 6) is 0.480. The number of nitrogens with two attached hydrogens (primary N) is 1. The highest BCUT2D eigenvalue weighted by atomic mass is 35.5. The lowest BCUT2D eigenvalue weighted by Crippen LogP contribution is -2.42. The summed E-state index contributed by atoms with van der Waals surface area (Å²) in [6.07, 6.45) is 4.76. The van der Waals surface area contributed by atoms with Gasteiger partial charge in [0.05, 0.1) is 5.92 Å². The molecule has 0 aromatic rings. The minimum absolute atomic E-state index is 0. The molecular weight excluding hydrogens is 290 g/mol. The molecule has 1 saturated heterocycles. The summed E-state index contributed by atoms with van der Waals surface area (Å²) in [7, 11) is 0. The van der Waals surface area contributed by atoms with Crippen LogP contribution in [-0.2, 0) is 9.59 Å². The Kier molecular flexibility index (Phi) is 6.94. The smallest absolute Gasteiger partial charge is 0.225 e. The Morgan fingerprint density at radius 3 is 2.71 bits per heavy atom. The van der Waals surface area contributed by atoms with Crippen molar-refractivity contribution in [2.75, 3.05) is 13.1 Å². The van der Waals surface area contributed by atoms with Gasteiger partial charge < -0.3 is 16.0 Å². The largest absolute Gasteiger partial charge is 0.354 e. The number of carbonyl (C=O) groups excluding carboxylic acids is 2. The van der Waals surface area contributed by atoms with Gasteiger partial charge in [0.1, 0.15) is 0 Å². The summed E-state index contributed by atoms with van der Waals surface area (Å²) in [4.78, 5) is 26.0. The van der Waals surface area contributed by atoms with E-state index in [4.69, 9.17) is 5.73 Å². The van der Waals surface area contributed by atoms with Gasteiger partial charge in [-0.1, -0.05) is 13.3 Å². The zero-order valence-corrected chi connectivity index (χ0v) is 13.8. The first-order valence-corrected chi connectivity index (χ1v) is 7.85. The molecule has 2 rings (SSSR count). The first-order chi connectivity index (χ1) is 9.52. The van der Waals surface area contributed by atoms with Crippen LogP contribution in [0.1, 0.15) is 46.0 Å². The van der Waals surface area contributed by atoms with E-state index in [1.165, 1.54) is 12.8 Å². The molecule has 0 aromatic heterocycles. The molecule has 0 bridgehead atoms. The van der Waals surface area contributed by atoms with Gasteiger partial charge in [-0.05, 0) is 32.1 Å². The van der Waals surface area contributed by atoms with Crippen molar-refractivity contribution in [2.45, 2.75) is 58.0 Å². The molecule has 1 aliphatic heterocycles. The number of rotatable bonds is 7. The van der Waals surface area contributed by atoms with Gasteiger partial charge in [-0.2, -0.15) is 0 Å². The molecule has 2 aliphatic rings. The SMILES string of the molecule is CCCC(C)N1CC(C(=O)NCC(N)C2CC2)CC1=O.Cl. The van der Waals surface area contributed by atoms with Crippen LogP contribution in [0.15, 0.2) is 0 Å². The van der Waals surface area contributed by atoms with Gasteiger partial charge in [0, 0.05) is 31.6 Å². The predicted molar refractivity (Wildman–Crippen MR) is 85.1 cm³/mol. The van der Waals surface area contributed by atoms with Crippen LogP contribution >= 0.6 is 12.4 Å². The quantitative estimate of drug-likeness (QED) is 0.743. The zero-order valence-electron chi connectivity index (χ0n) is 13.0. The van der Waals surface area contributed by atoms with Crippen molar-refractivity contribution in [3.63, 3.8) is 0 Å². The molecule has 2 amide bonds. The lowest BCUT2D eigenvalue weighted by Gasteiger charge is -2.24. The molecule has 0 aromatic carbocycles. The van der Waals surface area contributed by atoms with Gasteiger partial charge in [0.15, 0.2) is 0 Å². The van der Waals surface area contributed by atoms with Crippen LogP contribution in [0.2, 0.25) is 0 Å². The molecule has 1 heterocycles. The Balaban J connectivity index is 0.00000220. The Morgan fingerprint density at radius 1 is 1.48 bits per heavy atom. The molecule has 0 radical (unpaired) electrons. The van der Waals surface area contributed by atoms with Crippen molar-refractivity contribution < 1.29 is 9.59 Å². The Bertz CT molecular complexity index is 374. The molecule has 3 N–H and O–H groups in total. The molecule has 0 spiro atoms. The van der Waals surface area contributed by atoms with E-state index in [-0.39, 0.29) is 42.2 Å². The molecule has 3 atom stereocenters. The van der Waals surface area contributed by atoms with Crippen LogP contribution in [0.5, 0.6) is 0 Å². The van der Waals surface area contributed by atoms with Gasteiger partial charge in [0.2, 0.25) is 11.8 Å². The Hall–Kier alpha value is -0.810. The minimum atomic E-state index is -0.201. The molecule has 21 heavy (non-hydrogen) atoms. The number of amides is 2. The van der Waals surface area contributed by atoms with E-state index in [1.807, 2.05) is 4.90 Å². The monoisotopic (exact) mass is 317 g/mol.